The van der Waals surface area contributed by atoms with E-state index >= 15 is 0 Å². The van der Waals surface area contributed by atoms with E-state index in [1.54, 1.807) is 18.7 Å². The van der Waals surface area contributed by atoms with Crippen molar-refractivity contribution < 1.29 is 9.53 Å². The van der Waals surface area contributed by atoms with Gasteiger partial charge in [0.1, 0.15) is 9.88 Å². The second-order valence-electron chi connectivity index (χ2n) is 4.60. The Morgan fingerprint density at radius 1 is 1.55 bits per heavy atom. The minimum absolute atomic E-state index is 0.330. The molecule has 0 saturated carbocycles. The predicted octanol–water partition coefficient (Wildman–Crippen LogP) is 2.39. The SMILES string of the molecule is CCOC(=O)c1sc(NC2CCNCC2)c(SC)c1N. The van der Waals surface area contributed by atoms with E-state index in [4.69, 9.17) is 10.5 Å². The van der Waals surface area contributed by atoms with Crippen LogP contribution >= 0.6 is 23.1 Å². The van der Waals surface area contributed by atoms with Gasteiger partial charge in [-0.1, -0.05) is 0 Å². The van der Waals surface area contributed by atoms with Gasteiger partial charge in [0.25, 0.3) is 0 Å². The molecule has 1 aliphatic heterocycles. The Labute approximate surface area is 127 Å². The number of nitrogen functional groups attached to an aromatic ring is 1. The summed E-state index contributed by atoms with van der Waals surface area (Å²) in [5.41, 5.74) is 6.63. The minimum Gasteiger partial charge on any atom is -0.462 e. The highest BCUT2D eigenvalue weighted by Gasteiger charge is 2.23. The molecule has 0 unspecified atom stereocenters. The van der Waals surface area contributed by atoms with Crippen LogP contribution in [0.4, 0.5) is 10.7 Å². The van der Waals surface area contributed by atoms with Crippen molar-refractivity contribution in [3.05, 3.63) is 4.88 Å². The van der Waals surface area contributed by atoms with Crippen molar-refractivity contribution in [2.75, 3.05) is 37.0 Å². The predicted molar refractivity (Wildman–Crippen MR) is 86.0 cm³/mol. The van der Waals surface area contributed by atoms with Gasteiger partial charge in [0.2, 0.25) is 0 Å². The molecule has 1 saturated heterocycles. The molecule has 0 radical (unpaired) electrons. The summed E-state index contributed by atoms with van der Waals surface area (Å²) in [4.78, 5) is 13.4. The molecule has 1 fully saturated rings. The number of thiophene rings is 1. The zero-order valence-corrected chi connectivity index (χ0v) is 13.5. The quantitative estimate of drug-likeness (QED) is 0.572. The second-order valence-corrected chi connectivity index (χ2v) is 6.43. The molecule has 1 aromatic heterocycles. The largest absolute Gasteiger partial charge is 0.462 e. The molecule has 20 heavy (non-hydrogen) atoms. The fraction of sp³-hybridized carbons (Fsp3) is 0.615. The van der Waals surface area contributed by atoms with Crippen molar-refractivity contribution in [1.29, 1.82) is 0 Å². The van der Waals surface area contributed by atoms with Gasteiger partial charge < -0.3 is 21.1 Å². The fourth-order valence-electron chi connectivity index (χ4n) is 2.23. The van der Waals surface area contributed by atoms with Gasteiger partial charge >= 0.3 is 5.97 Å². The third-order valence-corrected chi connectivity index (χ3v) is 5.32. The standard InChI is InChI=1S/C13H21N3O2S2/c1-3-18-13(17)11-9(14)10(19-2)12(20-11)16-8-4-6-15-7-5-8/h8,15-16H,3-7,14H2,1-2H3. The highest BCUT2D eigenvalue weighted by Crippen LogP contribution is 2.42. The average molecular weight is 315 g/mol. The number of carbonyl (C=O) groups excluding carboxylic acids is 1. The number of thioether (sulfide) groups is 1. The van der Waals surface area contributed by atoms with Gasteiger partial charge in [-0.05, 0) is 39.1 Å². The first-order valence-electron chi connectivity index (χ1n) is 6.78. The van der Waals surface area contributed by atoms with Crippen molar-refractivity contribution >= 4 is 39.8 Å². The monoisotopic (exact) mass is 315 g/mol. The third-order valence-electron chi connectivity index (χ3n) is 3.24. The van der Waals surface area contributed by atoms with E-state index in [0.717, 1.165) is 35.8 Å². The summed E-state index contributed by atoms with van der Waals surface area (Å²) in [6, 6.07) is 0.440. The summed E-state index contributed by atoms with van der Waals surface area (Å²) in [7, 11) is 0. The molecule has 0 aromatic carbocycles. The van der Waals surface area contributed by atoms with Crippen molar-refractivity contribution in [2.24, 2.45) is 0 Å². The molecule has 0 atom stereocenters. The van der Waals surface area contributed by atoms with Gasteiger partial charge in [-0.2, -0.15) is 0 Å². The van der Waals surface area contributed by atoms with E-state index in [9.17, 15) is 4.79 Å². The Morgan fingerprint density at radius 3 is 2.85 bits per heavy atom. The van der Waals surface area contributed by atoms with E-state index in [2.05, 4.69) is 10.6 Å². The average Bonchev–Trinajstić information content (AvgIpc) is 2.76. The molecule has 0 spiro atoms. The van der Waals surface area contributed by atoms with E-state index in [0.29, 0.717) is 23.2 Å². The van der Waals surface area contributed by atoms with Gasteiger partial charge in [0.15, 0.2) is 0 Å². The Balaban J connectivity index is 2.18. The van der Waals surface area contributed by atoms with Crippen LogP contribution in [0.3, 0.4) is 0 Å². The first-order chi connectivity index (χ1) is 9.67. The van der Waals surface area contributed by atoms with Crippen LogP contribution in [0.2, 0.25) is 0 Å². The van der Waals surface area contributed by atoms with Crippen LogP contribution in [0.5, 0.6) is 0 Å². The lowest BCUT2D eigenvalue weighted by atomic mass is 10.1. The van der Waals surface area contributed by atoms with Crippen molar-refractivity contribution in [3.8, 4) is 0 Å². The summed E-state index contributed by atoms with van der Waals surface area (Å²) in [6.07, 6.45) is 4.14. The highest BCUT2D eigenvalue weighted by molar-refractivity contribution is 7.99. The summed E-state index contributed by atoms with van der Waals surface area (Å²) in [5.74, 6) is -0.330. The van der Waals surface area contributed by atoms with Crippen molar-refractivity contribution in [1.82, 2.24) is 5.32 Å². The van der Waals surface area contributed by atoms with Gasteiger partial charge in [-0.15, -0.1) is 23.1 Å². The number of anilines is 2. The molecule has 7 heteroatoms. The molecule has 2 rings (SSSR count). The summed E-state index contributed by atoms with van der Waals surface area (Å²) in [6.45, 7) is 4.21. The van der Waals surface area contributed by atoms with Crippen LogP contribution in [-0.2, 0) is 4.74 Å². The fourth-order valence-corrected chi connectivity index (χ4v) is 4.22. The van der Waals surface area contributed by atoms with Gasteiger partial charge in [-0.25, -0.2) is 4.79 Å². The van der Waals surface area contributed by atoms with Crippen molar-refractivity contribution in [3.63, 3.8) is 0 Å². The van der Waals surface area contributed by atoms with Gasteiger partial charge in [-0.3, -0.25) is 0 Å². The van der Waals surface area contributed by atoms with Crippen LogP contribution in [0.25, 0.3) is 0 Å². The van der Waals surface area contributed by atoms with Gasteiger partial charge in [0.05, 0.1) is 17.2 Å². The molecular weight excluding hydrogens is 294 g/mol. The number of nitrogens with one attached hydrogen (secondary N) is 2. The number of piperidine rings is 1. The number of carbonyl (C=O) groups is 1. The summed E-state index contributed by atoms with van der Waals surface area (Å²) in [5, 5.41) is 7.86. The molecule has 0 amide bonds. The van der Waals surface area contributed by atoms with Gasteiger partial charge in [0, 0.05) is 6.04 Å². The molecule has 5 nitrogen and oxygen atoms in total. The molecular formula is C13H21N3O2S2. The molecule has 0 bridgehead atoms. The van der Waals surface area contributed by atoms with Crippen molar-refractivity contribution in [2.45, 2.75) is 30.7 Å². The molecule has 112 valence electrons. The lowest BCUT2D eigenvalue weighted by Crippen LogP contribution is -2.35. The minimum atomic E-state index is -0.330. The zero-order chi connectivity index (χ0) is 14.5. The zero-order valence-electron chi connectivity index (χ0n) is 11.8. The normalized spacial score (nSPS) is 16.1. The Kier molecular flexibility index (Phi) is 5.56. The topological polar surface area (TPSA) is 76.4 Å². The third kappa shape index (κ3) is 3.39. The Bertz CT molecular complexity index is 470. The number of nitrogens with two attached hydrogens (primary N) is 1. The van der Waals surface area contributed by atoms with E-state index < -0.39 is 0 Å². The van der Waals surface area contributed by atoms with E-state index in [1.807, 2.05) is 6.26 Å². The smallest absolute Gasteiger partial charge is 0.350 e. The number of rotatable bonds is 5. The number of esters is 1. The van der Waals surface area contributed by atoms with Crippen LogP contribution < -0.4 is 16.4 Å². The number of hydrogen-bond acceptors (Lipinski definition) is 7. The second kappa shape index (κ2) is 7.19. The maximum absolute atomic E-state index is 11.9. The van der Waals surface area contributed by atoms with Crippen LogP contribution in [-0.4, -0.2) is 38.0 Å². The lowest BCUT2D eigenvalue weighted by molar-refractivity contribution is 0.0533. The molecule has 0 aliphatic carbocycles. The molecule has 1 aliphatic rings. The summed E-state index contributed by atoms with van der Waals surface area (Å²) >= 11 is 2.97. The maximum Gasteiger partial charge on any atom is 0.350 e. The van der Waals surface area contributed by atoms with E-state index in [1.165, 1.54) is 11.3 Å². The number of hydrogen-bond donors (Lipinski definition) is 3. The Morgan fingerprint density at radius 2 is 2.25 bits per heavy atom. The molecule has 1 aromatic rings. The van der Waals surface area contributed by atoms with E-state index in [-0.39, 0.29) is 5.97 Å². The number of ether oxygens (including phenoxy) is 1. The van der Waals surface area contributed by atoms with Crippen LogP contribution in [0, 0.1) is 0 Å². The van der Waals surface area contributed by atoms with Crippen LogP contribution in [0.1, 0.15) is 29.4 Å². The van der Waals surface area contributed by atoms with Crippen LogP contribution in [0.15, 0.2) is 4.90 Å². The molecule has 2 heterocycles. The first-order valence-corrected chi connectivity index (χ1v) is 8.82. The highest BCUT2D eigenvalue weighted by atomic mass is 32.2. The summed E-state index contributed by atoms with van der Waals surface area (Å²) < 4.78 is 5.06. The first kappa shape index (κ1) is 15.5. The Hall–Kier alpha value is -0.920. The lowest BCUT2D eigenvalue weighted by Gasteiger charge is -2.24. The molecule has 4 N–H and O–H groups in total. The maximum atomic E-state index is 11.9.